The summed E-state index contributed by atoms with van der Waals surface area (Å²) >= 11 is 0. The fraction of sp³-hybridized carbons (Fsp3) is 0.905. The van der Waals surface area contributed by atoms with Gasteiger partial charge in [0.25, 0.3) is 0 Å². The summed E-state index contributed by atoms with van der Waals surface area (Å²) in [4.78, 5) is 73.1. The number of aliphatic hydroxyl groups is 1. The van der Waals surface area contributed by atoms with Crippen LogP contribution in [0.25, 0.3) is 0 Å². The first-order valence-electron chi connectivity index (χ1n) is 42.8. The third-order valence-corrected chi connectivity index (χ3v) is 21.0. The molecular weight excluding hydrogens is 1340 g/mol. The number of unbranched alkanes of at least 4 members (excludes halogenated alkanes) is 48. The summed E-state index contributed by atoms with van der Waals surface area (Å²) in [5, 5.41) is 10.7. The molecule has 0 heterocycles. The van der Waals surface area contributed by atoms with Crippen LogP contribution >= 0.6 is 15.6 Å². The molecule has 0 spiro atoms. The lowest BCUT2D eigenvalue weighted by atomic mass is 10.0. The second-order valence-electron chi connectivity index (χ2n) is 30.5. The summed E-state index contributed by atoms with van der Waals surface area (Å²) in [5.41, 5.74) is 0. The normalized spacial score (nSPS) is 14.0. The molecule has 0 aliphatic heterocycles. The minimum atomic E-state index is -4.97. The van der Waals surface area contributed by atoms with E-state index in [9.17, 15) is 43.2 Å². The van der Waals surface area contributed by atoms with Crippen molar-refractivity contribution in [3.63, 3.8) is 0 Å². The van der Waals surface area contributed by atoms with Gasteiger partial charge in [-0.1, -0.05) is 368 Å². The zero-order valence-corrected chi connectivity index (χ0v) is 68.9. The molecule has 608 valence electrons. The molecule has 0 aliphatic rings. The standard InChI is InChI=1S/C84H160O17P2/c1-7-9-11-13-15-17-19-21-23-24-25-26-27-28-30-36-40-44-50-57-63-69-83(88)100-79(72-94-81(86)66-60-54-48-42-38-34-32-31-33-37-41-46-52-58-64-76(3)4)74-98-102(90,91)96-70-78(85)71-97-103(92,93)99-75-80(73-95-82(87)67-61-55-51-45-47-53-59-65-77(5)6)101-84(89)68-62-56-49-43-39-35-29-22-20-18-16-14-12-10-8-2/h18,20,22,29,76-80,85H,7-17,19,21,23-28,30-75H2,1-6H3,(H,90,91)(H,92,93)/b20-18-,29-22-/t78-,79-,80-/m1/s1. The number of phosphoric ester groups is 2. The predicted molar refractivity (Wildman–Crippen MR) is 423 cm³/mol. The maximum Gasteiger partial charge on any atom is 0.472 e. The topological polar surface area (TPSA) is 237 Å². The number of phosphoric acid groups is 2. The van der Waals surface area contributed by atoms with E-state index in [0.717, 1.165) is 115 Å². The fourth-order valence-electron chi connectivity index (χ4n) is 12.5. The van der Waals surface area contributed by atoms with Gasteiger partial charge in [0.1, 0.15) is 19.3 Å². The molecule has 17 nitrogen and oxygen atoms in total. The van der Waals surface area contributed by atoms with Gasteiger partial charge in [0.15, 0.2) is 12.2 Å². The van der Waals surface area contributed by atoms with E-state index in [-0.39, 0.29) is 25.7 Å². The van der Waals surface area contributed by atoms with Crippen LogP contribution in [-0.2, 0) is 65.4 Å². The van der Waals surface area contributed by atoms with Crippen molar-refractivity contribution < 1.29 is 80.2 Å². The van der Waals surface area contributed by atoms with Crippen molar-refractivity contribution in [1.82, 2.24) is 0 Å². The van der Waals surface area contributed by atoms with Gasteiger partial charge < -0.3 is 33.8 Å². The molecule has 0 saturated carbocycles. The maximum absolute atomic E-state index is 13.1. The summed E-state index contributed by atoms with van der Waals surface area (Å²) < 4.78 is 68.7. The summed E-state index contributed by atoms with van der Waals surface area (Å²) in [6.45, 7) is 9.55. The Morgan fingerprint density at radius 3 is 0.796 bits per heavy atom. The van der Waals surface area contributed by atoms with Crippen LogP contribution in [0, 0.1) is 11.8 Å². The van der Waals surface area contributed by atoms with E-state index in [1.54, 1.807) is 0 Å². The van der Waals surface area contributed by atoms with Crippen molar-refractivity contribution in [3.8, 4) is 0 Å². The van der Waals surface area contributed by atoms with E-state index in [2.05, 4.69) is 65.8 Å². The minimum absolute atomic E-state index is 0.0845. The van der Waals surface area contributed by atoms with Gasteiger partial charge in [0.05, 0.1) is 26.4 Å². The van der Waals surface area contributed by atoms with Gasteiger partial charge in [0.2, 0.25) is 0 Å². The van der Waals surface area contributed by atoms with Gasteiger partial charge in [-0.25, -0.2) is 9.13 Å². The van der Waals surface area contributed by atoms with Crippen LogP contribution in [-0.4, -0.2) is 96.7 Å². The lowest BCUT2D eigenvalue weighted by Crippen LogP contribution is -2.30. The second kappa shape index (κ2) is 75.0. The van der Waals surface area contributed by atoms with Crippen molar-refractivity contribution in [2.24, 2.45) is 11.8 Å². The Balaban J connectivity index is 5.26. The monoisotopic (exact) mass is 1500 g/mol. The van der Waals surface area contributed by atoms with Crippen LogP contribution < -0.4 is 0 Å². The summed E-state index contributed by atoms with van der Waals surface area (Å²) in [5.74, 6) is -0.638. The third kappa shape index (κ3) is 77.5. The Morgan fingerprint density at radius 2 is 0.524 bits per heavy atom. The molecule has 0 aromatic heterocycles. The van der Waals surface area contributed by atoms with Gasteiger partial charge in [-0.2, -0.15) is 0 Å². The molecular formula is C84H160O17P2. The number of ether oxygens (including phenoxy) is 4. The number of allylic oxidation sites excluding steroid dienone is 4. The van der Waals surface area contributed by atoms with E-state index >= 15 is 0 Å². The molecule has 0 rings (SSSR count). The fourth-order valence-corrected chi connectivity index (χ4v) is 14.1. The lowest BCUT2D eigenvalue weighted by molar-refractivity contribution is -0.161. The molecule has 0 fully saturated rings. The summed E-state index contributed by atoms with van der Waals surface area (Å²) in [6, 6.07) is 0. The lowest BCUT2D eigenvalue weighted by Gasteiger charge is -2.21. The second-order valence-corrected chi connectivity index (χ2v) is 33.4. The van der Waals surface area contributed by atoms with Gasteiger partial charge in [-0.05, 0) is 63.2 Å². The van der Waals surface area contributed by atoms with Gasteiger partial charge in [-0.3, -0.25) is 37.3 Å². The van der Waals surface area contributed by atoms with Crippen molar-refractivity contribution in [2.75, 3.05) is 39.6 Å². The molecule has 2 unspecified atom stereocenters. The molecule has 103 heavy (non-hydrogen) atoms. The Hall–Kier alpha value is -2.46. The SMILES string of the molecule is CCCCCC/C=C\C=C/CCCCCCCC(=O)O[C@H](COC(=O)CCCCCCCCCC(C)C)COP(=O)(O)OC[C@H](O)COP(=O)(O)OC[C@@H](COC(=O)CCCCCCCCCCCCCCCCC(C)C)OC(=O)CCCCCCCCCCCCCCCCCCCCCCC. The number of rotatable bonds is 81. The highest BCUT2D eigenvalue weighted by Gasteiger charge is 2.30. The molecule has 0 aromatic rings. The average molecular weight is 1500 g/mol. The molecule has 3 N–H and O–H groups in total. The van der Waals surface area contributed by atoms with E-state index in [4.69, 9.17) is 37.0 Å². The molecule has 0 radical (unpaired) electrons. The van der Waals surface area contributed by atoms with Crippen LogP contribution in [0.3, 0.4) is 0 Å². The molecule has 19 heteroatoms. The number of carbonyl (C=O) groups excluding carboxylic acids is 4. The average Bonchev–Trinajstić information content (AvgIpc) is 0.917. The predicted octanol–water partition coefficient (Wildman–Crippen LogP) is 25.0. The van der Waals surface area contributed by atoms with E-state index in [0.29, 0.717) is 31.6 Å². The maximum atomic E-state index is 13.1. The Bertz CT molecular complexity index is 2070. The molecule has 0 aliphatic carbocycles. The van der Waals surface area contributed by atoms with Gasteiger partial charge in [0, 0.05) is 25.7 Å². The smallest absolute Gasteiger partial charge is 0.462 e. The highest BCUT2D eigenvalue weighted by Crippen LogP contribution is 2.45. The number of hydrogen-bond acceptors (Lipinski definition) is 15. The first-order valence-corrected chi connectivity index (χ1v) is 45.8. The number of carbonyl (C=O) groups is 4. The van der Waals surface area contributed by atoms with Gasteiger partial charge >= 0.3 is 39.5 Å². The Labute approximate surface area is 631 Å². The van der Waals surface area contributed by atoms with Crippen molar-refractivity contribution in [1.29, 1.82) is 0 Å². The van der Waals surface area contributed by atoms with Crippen LogP contribution in [0.1, 0.15) is 420 Å². The molecule has 0 saturated heterocycles. The first-order chi connectivity index (χ1) is 49.9. The highest BCUT2D eigenvalue weighted by atomic mass is 31.2. The number of hydrogen-bond donors (Lipinski definition) is 3. The largest absolute Gasteiger partial charge is 0.472 e. The molecule has 0 amide bonds. The minimum Gasteiger partial charge on any atom is -0.462 e. The highest BCUT2D eigenvalue weighted by molar-refractivity contribution is 7.47. The van der Waals surface area contributed by atoms with Crippen molar-refractivity contribution in [3.05, 3.63) is 24.3 Å². The van der Waals surface area contributed by atoms with Crippen LogP contribution in [0.5, 0.6) is 0 Å². The third-order valence-electron chi connectivity index (χ3n) is 19.1. The quantitative estimate of drug-likeness (QED) is 0.0169. The summed E-state index contributed by atoms with van der Waals surface area (Å²) in [6.07, 6.45) is 69.0. The number of aliphatic hydroxyl groups excluding tert-OH is 1. The van der Waals surface area contributed by atoms with Gasteiger partial charge in [-0.15, -0.1) is 0 Å². The van der Waals surface area contributed by atoms with Crippen LogP contribution in [0.2, 0.25) is 0 Å². The first kappa shape index (κ1) is 101. The van der Waals surface area contributed by atoms with E-state index < -0.39 is 97.5 Å². The van der Waals surface area contributed by atoms with Crippen molar-refractivity contribution in [2.45, 2.75) is 439 Å². The van der Waals surface area contributed by atoms with E-state index in [1.807, 2.05) is 0 Å². The zero-order chi connectivity index (χ0) is 75.6. The van der Waals surface area contributed by atoms with E-state index in [1.165, 1.54) is 218 Å². The molecule has 5 atom stereocenters. The van der Waals surface area contributed by atoms with Crippen molar-refractivity contribution >= 4 is 39.5 Å². The molecule has 0 aromatic carbocycles. The Morgan fingerprint density at radius 1 is 0.301 bits per heavy atom. The zero-order valence-electron chi connectivity index (χ0n) is 67.1. The molecule has 0 bridgehead atoms. The summed E-state index contributed by atoms with van der Waals surface area (Å²) in [7, 11) is -9.94. The van der Waals surface area contributed by atoms with Crippen LogP contribution in [0.4, 0.5) is 0 Å². The number of esters is 4. The van der Waals surface area contributed by atoms with Crippen LogP contribution in [0.15, 0.2) is 24.3 Å². The Kier molecular flexibility index (Phi) is 73.2.